The third kappa shape index (κ3) is 3.49. The van der Waals surface area contributed by atoms with Gasteiger partial charge in [0, 0.05) is 10.5 Å². The summed E-state index contributed by atoms with van der Waals surface area (Å²) in [6, 6.07) is 12.6. The number of hydrogen-bond donors (Lipinski definition) is 1. The van der Waals surface area contributed by atoms with Gasteiger partial charge in [-0.25, -0.2) is 9.07 Å². The smallest absolute Gasteiger partial charge is 0.258 e. The van der Waals surface area contributed by atoms with Crippen molar-refractivity contribution >= 4 is 39.3 Å². The number of anilines is 1. The standard InChI is InChI=1S/C17H12BrClFN3O/c1-10-8-16(23(22-10)13-5-3-12(20)4-6-13)21-17(24)14-7-2-11(18)9-15(14)19/h2-9H,1H3,(H,21,24). The molecule has 0 saturated carbocycles. The van der Waals surface area contributed by atoms with Gasteiger partial charge >= 0.3 is 0 Å². The molecule has 0 fully saturated rings. The summed E-state index contributed by atoms with van der Waals surface area (Å²) in [6.45, 7) is 1.81. The number of nitrogens with zero attached hydrogens (tertiary/aromatic N) is 2. The predicted molar refractivity (Wildman–Crippen MR) is 95.4 cm³/mol. The van der Waals surface area contributed by atoms with Crippen LogP contribution in [0.2, 0.25) is 5.02 Å². The molecule has 2 aromatic carbocycles. The third-order valence-corrected chi connectivity index (χ3v) is 4.13. The Morgan fingerprint density at radius 2 is 1.92 bits per heavy atom. The zero-order valence-corrected chi connectivity index (χ0v) is 14.9. The van der Waals surface area contributed by atoms with E-state index in [0.29, 0.717) is 22.1 Å². The summed E-state index contributed by atoms with van der Waals surface area (Å²) < 4.78 is 15.4. The molecule has 1 aromatic heterocycles. The van der Waals surface area contributed by atoms with E-state index < -0.39 is 0 Å². The summed E-state index contributed by atoms with van der Waals surface area (Å²) in [7, 11) is 0. The average Bonchev–Trinajstić information content (AvgIpc) is 2.88. The number of aromatic nitrogens is 2. The fourth-order valence-electron chi connectivity index (χ4n) is 2.22. The second-order valence-corrected chi connectivity index (χ2v) is 6.46. The van der Waals surface area contributed by atoms with Crippen LogP contribution < -0.4 is 5.32 Å². The van der Waals surface area contributed by atoms with E-state index in [-0.39, 0.29) is 11.7 Å². The zero-order valence-electron chi connectivity index (χ0n) is 12.6. The molecule has 3 aromatic rings. The number of aryl methyl sites for hydroxylation is 1. The van der Waals surface area contributed by atoms with Crippen LogP contribution in [0.1, 0.15) is 16.1 Å². The molecule has 122 valence electrons. The quantitative estimate of drug-likeness (QED) is 0.664. The molecule has 1 N–H and O–H groups in total. The van der Waals surface area contributed by atoms with E-state index in [2.05, 4.69) is 26.3 Å². The molecule has 1 heterocycles. The van der Waals surface area contributed by atoms with E-state index >= 15 is 0 Å². The number of halogens is 3. The van der Waals surface area contributed by atoms with E-state index in [1.165, 1.54) is 12.1 Å². The van der Waals surface area contributed by atoms with Crippen LogP contribution in [0.4, 0.5) is 10.2 Å². The van der Waals surface area contributed by atoms with Crippen molar-refractivity contribution in [3.05, 3.63) is 75.1 Å². The summed E-state index contributed by atoms with van der Waals surface area (Å²) >= 11 is 9.42. The molecular weight excluding hydrogens is 397 g/mol. The fraction of sp³-hybridized carbons (Fsp3) is 0.0588. The predicted octanol–water partition coefficient (Wildman–Crippen LogP) is 4.99. The molecule has 1 amide bonds. The summed E-state index contributed by atoms with van der Waals surface area (Å²) in [6.07, 6.45) is 0. The first kappa shape index (κ1) is 16.7. The Morgan fingerprint density at radius 3 is 2.58 bits per heavy atom. The number of carbonyl (C=O) groups excluding carboxylic acids is 1. The summed E-state index contributed by atoms with van der Waals surface area (Å²) in [5.41, 5.74) is 1.71. The minimum absolute atomic E-state index is 0.338. The topological polar surface area (TPSA) is 46.9 Å². The lowest BCUT2D eigenvalue weighted by Gasteiger charge is -2.10. The van der Waals surface area contributed by atoms with Crippen LogP contribution in [-0.4, -0.2) is 15.7 Å². The van der Waals surface area contributed by atoms with Gasteiger partial charge in [-0.15, -0.1) is 0 Å². The van der Waals surface area contributed by atoms with E-state index in [1.807, 2.05) is 6.92 Å². The third-order valence-electron chi connectivity index (χ3n) is 3.32. The van der Waals surface area contributed by atoms with Gasteiger partial charge in [-0.05, 0) is 49.4 Å². The molecule has 4 nitrogen and oxygen atoms in total. The number of rotatable bonds is 3. The van der Waals surface area contributed by atoms with Gasteiger partial charge in [0.2, 0.25) is 0 Å². The molecule has 0 bridgehead atoms. The molecule has 0 aliphatic heterocycles. The molecule has 0 radical (unpaired) electrons. The van der Waals surface area contributed by atoms with Crippen molar-refractivity contribution in [2.45, 2.75) is 6.92 Å². The second kappa shape index (κ2) is 6.75. The van der Waals surface area contributed by atoms with Crippen molar-refractivity contribution in [3.8, 4) is 5.69 Å². The van der Waals surface area contributed by atoms with Gasteiger partial charge in [0.15, 0.2) is 0 Å². The van der Waals surface area contributed by atoms with E-state index in [1.54, 1.807) is 41.1 Å². The van der Waals surface area contributed by atoms with Gasteiger partial charge in [0.1, 0.15) is 11.6 Å². The van der Waals surface area contributed by atoms with Crippen LogP contribution in [0, 0.1) is 12.7 Å². The molecule has 7 heteroatoms. The molecule has 0 aliphatic carbocycles. The minimum atomic E-state index is -0.351. The number of nitrogens with one attached hydrogen (secondary N) is 1. The van der Waals surface area contributed by atoms with Crippen molar-refractivity contribution in [1.29, 1.82) is 0 Å². The number of amides is 1. The lowest BCUT2D eigenvalue weighted by atomic mass is 10.2. The molecule has 0 unspecified atom stereocenters. The van der Waals surface area contributed by atoms with Crippen LogP contribution in [0.3, 0.4) is 0 Å². The Bertz CT molecular complexity index is 909. The Labute approximate surface area is 151 Å². The van der Waals surface area contributed by atoms with Crippen LogP contribution >= 0.6 is 27.5 Å². The highest BCUT2D eigenvalue weighted by Gasteiger charge is 2.15. The number of benzene rings is 2. The van der Waals surface area contributed by atoms with E-state index in [0.717, 1.165) is 10.2 Å². The van der Waals surface area contributed by atoms with Crippen LogP contribution in [-0.2, 0) is 0 Å². The monoisotopic (exact) mass is 407 g/mol. The van der Waals surface area contributed by atoms with Crippen LogP contribution in [0.15, 0.2) is 53.0 Å². The highest BCUT2D eigenvalue weighted by atomic mass is 79.9. The van der Waals surface area contributed by atoms with Gasteiger partial charge in [0.25, 0.3) is 5.91 Å². The molecule has 24 heavy (non-hydrogen) atoms. The first-order chi connectivity index (χ1) is 11.4. The zero-order chi connectivity index (χ0) is 17.3. The lowest BCUT2D eigenvalue weighted by Crippen LogP contribution is -2.15. The SMILES string of the molecule is Cc1cc(NC(=O)c2ccc(Br)cc2Cl)n(-c2ccc(F)cc2)n1. The van der Waals surface area contributed by atoms with E-state index in [4.69, 9.17) is 11.6 Å². The number of hydrogen-bond acceptors (Lipinski definition) is 2. The Kier molecular flexibility index (Phi) is 4.69. The number of carbonyl (C=O) groups is 1. The summed E-state index contributed by atoms with van der Waals surface area (Å²) in [5.74, 6) is -0.214. The van der Waals surface area contributed by atoms with Crippen molar-refractivity contribution in [1.82, 2.24) is 9.78 Å². The van der Waals surface area contributed by atoms with Gasteiger partial charge < -0.3 is 5.32 Å². The van der Waals surface area contributed by atoms with Crippen molar-refractivity contribution in [2.75, 3.05) is 5.32 Å². The largest absolute Gasteiger partial charge is 0.306 e. The van der Waals surface area contributed by atoms with Gasteiger partial charge in [-0.1, -0.05) is 27.5 Å². The normalized spacial score (nSPS) is 10.7. The summed E-state index contributed by atoms with van der Waals surface area (Å²) in [4.78, 5) is 12.5. The van der Waals surface area contributed by atoms with Gasteiger partial charge in [-0.3, -0.25) is 4.79 Å². The van der Waals surface area contributed by atoms with Crippen LogP contribution in [0.25, 0.3) is 5.69 Å². The first-order valence-corrected chi connectivity index (χ1v) is 8.20. The molecule has 0 atom stereocenters. The maximum Gasteiger partial charge on any atom is 0.258 e. The second-order valence-electron chi connectivity index (χ2n) is 5.14. The Balaban J connectivity index is 1.93. The van der Waals surface area contributed by atoms with Crippen molar-refractivity contribution in [3.63, 3.8) is 0 Å². The maximum atomic E-state index is 13.1. The average molecular weight is 409 g/mol. The minimum Gasteiger partial charge on any atom is -0.306 e. The first-order valence-electron chi connectivity index (χ1n) is 7.03. The van der Waals surface area contributed by atoms with Gasteiger partial charge in [0.05, 0.1) is 22.0 Å². The summed E-state index contributed by atoms with van der Waals surface area (Å²) in [5, 5.41) is 7.46. The van der Waals surface area contributed by atoms with Crippen molar-refractivity contribution in [2.24, 2.45) is 0 Å². The maximum absolute atomic E-state index is 13.1. The Hall–Kier alpha value is -2.18. The van der Waals surface area contributed by atoms with Crippen molar-refractivity contribution < 1.29 is 9.18 Å². The molecule has 0 spiro atoms. The van der Waals surface area contributed by atoms with Crippen LogP contribution in [0.5, 0.6) is 0 Å². The Morgan fingerprint density at radius 1 is 1.21 bits per heavy atom. The lowest BCUT2D eigenvalue weighted by molar-refractivity contribution is 0.102. The molecular formula is C17H12BrClFN3O. The highest BCUT2D eigenvalue weighted by Crippen LogP contribution is 2.23. The molecule has 0 saturated heterocycles. The van der Waals surface area contributed by atoms with Gasteiger partial charge in [-0.2, -0.15) is 5.10 Å². The fourth-order valence-corrected chi connectivity index (χ4v) is 2.98. The molecule has 0 aliphatic rings. The molecule has 3 rings (SSSR count). The highest BCUT2D eigenvalue weighted by molar-refractivity contribution is 9.10. The van der Waals surface area contributed by atoms with E-state index in [9.17, 15) is 9.18 Å².